The van der Waals surface area contributed by atoms with Crippen LogP contribution in [-0.4, -0.2) is 19.4 Å². The van der Waals surface area contributed by atoms with Crippen LogP contribution in [0.1, 0.15) is 27.7 Å². The zero-order valence-electron chi connectivity index (χ0n) is 12.1. The van der Waals surface area contributed by atoms with Crippen molar-refractivity contribution in [2.75, 3.05) is 0 Å². The van der Waals surface area contributed by atoms with Gasteiger partial charge in [-0.1, -0.05) is 0 Å². The van der Waals surface area contributed by atoms with E-state index in [4.69, 9.17) is 0 Å². The molecule has 106 valence electrons. The molecule has 1 spiro atoms. The summed E-state index contributed by atoms with van der Waals surface area (Å²) in [5.41, 5.74) is 2.08. The van der Waals surface area contributed by atoms with Gasteiger partial charge in [0.05, 0.1) is 0 Å². The van der Waals surface area contributed by atoms with Gasteiger partial charge in [0.25, 0.3) is 0 Å². The summed E-state index contributed by atoms with van der Waals surface area (Å²) in [6, 6.07) is 0. The topological polar surface area (TPSA) is 0 Å². The Morgan fingerprint density at radius 1 is 0.684 bits per heavy atom. The van der Waals surface area contributed by atoms with Crippen molar-refractivity contribution in [1.82, 2.24) is 0 Å². The van der Waals surface area contributed by atoms with Gasteiger partial charge in [0.15, 0.2) is 0 Å². The number of hydrogen-bond acceptors (Lipinski definition) is 0. The predicted octanol–water partition coefficient (Wildman–Crippen LogP) is 5.36. The van der Waals surface area contributed by atoms with Crippen LogP contribution in [0.3, 0.4) is 0 Å². The fourth-order valence-electron chi connectivity index (χ4n) is 18.2. The van der Waals surface area contributed by atoms with E-state index in [0.717, 1.165) is 11.3 Å². The van der Waals surface area contributed by atoms with Crippen LogP contribution in [0.4, 0.5) is 0 Å². The van der Waals surface area contributed by atoms with E-state index in [9.17, 15) is 0 Å². The Hall–Kier alpha value is 1.38. The summed E-state index contributed by atoms with van der Waals surface area (Å²) >= 11 is 0. The molecule has 0 bridgehead atoms. The normalized spacial score (nSPS) is 114. The zero-order valence-corrected chi connectivity index (χ0v) is 15.2. The van der Waals surface area contributed by atoms with Gasteiger partial charge in [0, 0.05) is 0 Å². The molecule has 0 N–H and O–H groups in total. The molecule has 0 amide bonds. The monoisotopic (exact) mass is 334 g/mol. The first kappa shape index (κ1) is 8.87. The second-order valence-electron chi connectivity index (χ2n) is 12.4. The molecule has 10 unspecified atom stereocenters. The van der Waals surface area contributed by atoms with Crippen molar-refractivity contribution in [1.29, 1.82) is 0 Å². The summed E-state index contributed by atoms with van der Waals surface area (Å²) in [6.45, 7) is 7.35. The fraction of sp³-hybridized carbons (Fsp3) is 1.00. The minimum atomic E-state index is -2.88. The predicted molar refractivity (Wildman–Crippen MR) is 82.4 cm³/mol. The van der Waals surface area contributed by atoms with Crippen molar-refractivity contribution < 1.29 is 6.51 Å². The first-order valence-electron chi connectivity index (χ1n) is 8.53. The molecule has 0 aromatic rings. The first-order valence-corrected chi connectivity index (χ1v) is 16.9. The average molecular weight is 334 g/mol. The Labute approximate surface area is 109 Å². The Morgan fingerprint density at radius 2 is 1.00 bits per heavy atom. The van der Waals surface area contributed by atoms with Crippen molar-refractivity contribution >= 4 is 17.2 Å². The average Bonchev–Trinajstić information content (AvgIpc) is 3.22. The van der Waals surface area contributed by atoms with E-state index in [-0.39, 0.29) is 0 Å². The van der Waals surface area contributed by atoms with Crippen LogP contribution >= 0.6 is 17.2 Å². The molecule has 10 aliphatic rings. The first-order chi connectivity index (χ1) is 8.76. The van der Waals surface area contributed by atoms with Crippen LogP contribution in [-0.2, 0) is 6.51 Å². The molecule has 10 fully saturated rings. The molecule has 10 saturated heterocycles. The number of hydrogen-bond donors (Lipinski definition) is 0. The van der Waals surface area contributed by atoms with Crippen molar-refractivity contribution in [3.63, 3.8) is 0 Å². The molecule has 0 saturated carbocycles. The van der Waals surface area contributed by atoms with Gasteiger partial charge in [-0.15, -0.1) is 0 Å². The van der Waals surface area contributed by atoms with Gasteiger partial charge in [-0.25, -0.2) is 0 Å². The Balaban J connectivity index is 1.47. The van der Waals surface area contributed by atoms with Gasteiger partial charge in [-0.2, -0.15) is 0 Å². The second kappa shape index (κ2) is 0.801. The Bertz CT molecular complexity index is 944. The molecule has 0 aromatic heterocycles. The van der Waals surface area contributed by atoms with Gasteiger partial charge in [-0.3, -0.25) is 0 Å². The van der Waals surface area contributed by atoms with Crippen LogP contribution < -0.4 is 0 Å². The Kier molecular flexibility index (Phi) is 0.374. The molecule has 19 heavy (non-hydrogen) atoms. The van der Waals surface area contributed by atoms with Crippen molar-refractivity contribution in [3.05, 3.63) is 0 Å². The Morgan fingerprint density at radius 3 is 1.21 bits per heavy atom. The molecule has 10 heterocycles. The number of fused-ring (bicyclic) bond motifs is 10. The summed E-state index contributed by atoms with van der Waals surface area (Å²) in [4.78, 5) is 12.2. The molecule has 10 rings (SSSR count). The summed E-state index contributed by atoms with van der Waals surface area (Å²) < 4.78 is 2.40. The molecule has 0 aliphatic carbocycles. The molecule has 10 aliphatic heterocycles. The van der Waals surface area contributed by atoms with Gasteiger partial charge >= 0.3 is 109 Å². The molecular weight excluding hydrogens is 310 g/mol. The third-order valence-corrected chi connectivity index (χ3v) is 70.8. The molecule has 0 radical (unpaired) electrons. The molecular formula is C16H24FeP2. The maximum absolute atomic E-state index is 2.88. The van der Waals surface area contributed by atoms with Crippen LogP contribution in [0.15, 0.2) is 0 Å². The standard InChI is InChI=1S/2C8H12P.Fe/c2*1-7(2)9-8-5-3-4-6-8;/h2*3-7,9H,1-2H3;. The summed E-state index contributed by atoms with van der Waals surface area (Å²) in [5, 5.41) is 0. The third-order valence-electron chi connectivity index (χ3n) is 15.8. The van der Waals surface area contributed by atoms with E-state index in [1.807, 2.05) is 0 Å². The fourth-order valence-corrected chi connectivity index (χ4v) is 119. The second-order valence-corrected chi connectivity index (χ2v) is 41.1. The molecule has 0 aromatic carbocycles. The minimum absolute atomic E-state index is 1.04. The van der Waals surface area contributed by atoms with Gasteiger partial charge in [-0.05, 0) is 0 Å². The molecule has 0 nitrogen and oxygen atoms in total. The quantitative estimate of drug-likeness (QED) is 0.479. The molecule has 10 atom stereocenters. The SMILES string of the molecule is CC(C)P[C]12[CH]3[CH]4[CH]5[CH]1[Fe]45321678[CH]2[CH]1[CH]6[C]7(PC(C)C)[CH]28. The van der Waals surface area contributed by atoms with Gasteiger partial charge in [0.1, 0.15) is 0 Å². The van der Waals surface area contributed by atoms with Gasteiger partial charge in [0.2, 0.25) is 0 Å². The van der Waals surface area contributed by atoms with Crippen molar-refractivity contribution in [2.45, 2.75) is 85.7 Å². The van der Waals surface area contributed by atoms with Crippen LogP contribution in [0.2, 0.25) is 38.5 Å². The van der Waals surface area contributed by atoms with E-state index in [2.05, 4.69) is 27.7 Å². The summed E-state index contributed by atoms with van der Waals surface area (Å²) in [6.07, 6.45) is 0. The number of rotatable bonds is 4. The van der Waals surface area contributed by atoms with E-state index < -0.39 is 6.51 Å². The van der Waals surface area contributed by atoms with E-state index in [0.29, 0.717) is 0 Å². The van der Waals surface area contributed by atoms with E-state index >= 15 is 0 Å². The zero-order chi connectivity index (χ0) is 12.5. The summed E-state index contributed by atoms with van der Waals surface area (Å²) in [7, 11) is 2.88. The third kappa shape index (κ3) is 0.104. The van der Waals surface area contributed by atoms with Crippen molar-refractivity contribution in [3.8, 4) is 0 Å². The van der Waals surface area contributed by atoms with Crippen LogP contribution in [0, 0.1) is 0 Å². The van der Waals surface area contributed by atoms with E-state index in [1.54, 1.807) is 0 Å². The maximum atomic E-state index is 2.56. The summed E-state index contributed by atoms with van der Waals surface area (Å²) in [5.74, 6) is 0. The van der Waals surface area contributed by atoms with E-state index in [1.165, 1.54) is 63.8 Å². The van der Waals surface area contributed by atoms with Crippen LogP contribution in [0.25, 0.3) is 0 Å². The van der Waals surface area contributed by atoms with Crippen molar-refractivity contribution in [2.24, 2.45) is 0 Å². The van der Waals surface area contributed by atoms with Crippen LogP contribution in [0.5, 0.6) is 0 Å². The molecule has 3 heteroatoms. The van der Waals surface area contributed by atoms with Gasteiger partial charge < -0.3 is 0 Å².